The van der Waals surface area contributed by atoms with Gasteiger partial charge < -0.3 is 5.11 Å². The maximum absolute atomic E-state index is 13.2. The van der Waals surface area contributed by atoms with Gasteiger partial charge in [0.15, 0.2) is 9.84 Å². The first-order chi connectivity index (χ1) is 11.3. The van der Waals surface area contributed by atoms with Gasteiger partial charge in [-0.1, -0.05) is 63.3 Å². The van der Waals surface area contributed by atoms with E-state index in [0.29, 0.717) is 35.3 Å². The molecule has 142 valence electrons. The summed E-state index contributed by atoms with van der Waals surface area (Å²) in [5.74, 6) is 0.368. The van der Waals surface area contributed by atoms with Crippen LogP contribution in [-0.2, 0) is 9.84 Å². The van der Waals surface area contributed by atoms with E-state index in [1.165, 1.54) is 0 Å². The molecule has 3 nitrogen and oxygen atoms in total. The van der Waals surface area contributed by atoms with Gasteiger partial charge in [-0.2, -0.15) is 0 Å². The molecule has 1 N–H and O–H groups in total. The molecule has 0 heterocycles. The van der Waals surface area contributed by atoms with E-state index in [1.807, 2.05) is 19.1 Å². The van der Waals surface area contributed by atoms with Gasteiger partial charge in [0.25, 0.3) is 0 Å². The molecular weight excluding hydrogens is 348 g/mol. The van der Waals surface area contributed by atoms with Crippen LogP contribution < -0.4 is 0 Å². The molecule has 2 unspecified atom stereocenters. The Morgan fingerprint density at radius 1 is 1.16 bits per heavy atom. The van der Waals surface area contributed by atoms with Gasteiger partial charge in [-0.3, -0.25) is 0 Å². The average Bonchev–Trinajstić information content (AvgIpc) is 2.43. The van der Waals surface area contributed by atoms with Gasteiger partial charge in [0.1, 0.15) is 0 Å². The summed E-state index contributed by atoms with van der Waals surface area (Å²) in [5, 5.41) is 9.64. The summed E-state index contributed by atoms with van der Waals surface area (Å²) < 4.78 is 26.5. The molecule has 2 atom stereocenters. The number of aliphatic hydroxyl groups excluding tert-OH is 1. The number of aryl methyl sites for hydroxylation is 1. The van der Waals surface area contributed by atoms with Gasteiger partial charge in [-0.15, -0.1) is 0 Å². The molecular formula is C20H34O3SSi. The first kappa shape index (κ1) is 22.1. The molecule has 0 aliphatic rings. The fourth-order valence-electron chi connectivity index (χ4n) is 2.98. The fraction of sp³-hybridized carbons (Fsp3) is 0.600. The third kappa shape index (κ3) is 7.08. The molecule has 5 heteroatoms. The predicted octanol–water partition coefficient (Wildman–Crippen LogP) is 4.83. The molecule has 0 amide bonds. The van der Waals surface area contributed by atoms with Crippen LogP contribution in [-0.4, -0.2) is 33.0 Å². The zero-order chi connectivity index (χ0) is 19.4. The molecule has 0 aliphatic heterocycles. The summed E-state index contributed by atoms with van der Waals surface area (Å²) in [6.45, 7) is 16.6. The minimum Gasteiger partial charge on any atom is -0.393 e. The molecule has 0 aliphatic carbocycles. The molecule has 0 fully saturated rings. The van der Waals surface area contributed by atoms with Crippen molar-refractivity contribution < 1.29 is 13.5 Å². The maximum Gasteiger partial charge on any atom is 0.184 e. The number of aliphatic hydroxyl groups is 1. The van der Waals surface area contributed by atoms with Crippen molar-refractivity contribution in [3.05, 3.63) is 42.0 Å². The smallest absolute Gasteiger partial charge is 0.184 e. The molecule has 0 saturated heterocycles. The molecule has 0 spiro atoms. The van der Waals surface area contributed by atoms with E-state index in [2.05, 4.69) is 40.1 Å². The van der Waals surface area contributed by atoms with Gasteiger partial charge in [-0.25, -0.2) is 8.42 Å². The summed E-state index contributed by atoms with van der Waals surface area (Å²) in [5.41, 5.74) is 1.67. The van der Waals surface area contributed by atoms with E-state index in [0.717, 1.165) is 5.56 Å². The minimum atomic E-state index is -3.50. The number of hydrogen-bond donors (Lipinski definition) is 1. The molecule has 0 saturated carbocycles. The Kier molecular flexibility index (Phi) is 7.66. The monoisotopic (exact) mass is 382 g/mol. The normalized spacial score (nSPS) is 15.2. The van der Waals surface area contributed by atoms with E-state index in [4.69, 9.17) is 0 Å². The van der Waals surface area contributed by atoms with Crippen LogP contribution in [0, 0.1) is 12.8 Å². The quantitative estimate of drug-likeness (QED) is 0.491. The Balaban J connectivity index is 3.15. The zero-order valence-electron chi connectivity index (χ0n) is 16.5. The first-order valence-corrected chi connectivity index (χ1v) is 14.2. The Morgan fingerprint density at radius 3 is 2.12 bits per heavy atom. The van der Waals surface area contributed by atoms with Crippen LogP contribution in [0.4, 0.5) is 0 Å². The van der Waals surface area contributed by atoms with Crippen LogP contribution in [0.3, 0.4) is 0 Å². The van der Waals surface area contributed by atoms with E-state index in [-0.39, 0.29) is 0 Å². The molecule has 0 bridgehead atoms. The summed E-state index contributed by atoms with van der Waals surface area (Å²) >= 11 is 0. The van der Waals surface area contributed by atoms with Crippen LogP contribution >= 0.6 is 0 Å². The van der Waals surface area contributed by atoms with Crippen LogP contribution in [0.15, 0.2) is 41.3 Å². The number of sulfone groups is 1. The van der Waals surface area contributed by atoms with Crippen molar-refractivity contribution in [2.24, 2.45) is 5.92 Å². The molecule has 1 aromatic rings. The Hall–Kier alpha value is -0.913. The summed E-state index contributed by atoms with van der Waals surface area (Å²) in [6, 6.07) is 7.64. The SMILES string of the molecule is C=C(CC(O)CC(C)C)C(C[Si](C)(C)C)S(=O)(=O)c1ccc(C)cc1. The van der Waals surface area contributed by atoms with Gasteiger partial charge in [0.05, 0.1) is 16.2 Å². The molecule has 25 heavy (non-hydrogen) atoms. The fourth-order valence-corrected chi connectivity index (χ4v) is 8.14. The molecule has 1 rings (SSSR count). The molecule has 0 radical (unpaired) electrons. The van der Waals surface area contributed by atoms with Crippen LogP contribution in [0.5, 0.6) is 0 Å². The van der Waals surface area contributed by atoms with Gasteiger partial charge in [0, 0.05) is 8.07 Å². The van der Waals surface area contributed by atoms with Crippen molar-refractivity contribution in [1.29, 1.82) is 0 Å². The van der Waals surface area contributed by atoms with Crippen LogP contribution in [0.25, 0.3) is 0 Å². The lowest BCUT2D eigenvalue weighted by Crippen LogP contribution is -2.34. The third-order valence-electron chi connectivity index (χ3n) is 4.22. The lowest BCUT2D eigenvalue weighted by molar-refractivity contribution is 0.148. The average molecular weight is 383 g/mol. The third-order valence-corrected chi connectivity index (χ3v) is 8.33. The lowest BCUT2D eigenvalue weighted by atomic mass is 9.99. The maximum atomic E-state index is 13.2. The highest BCUT2D eigenvalue weighted by Gasteiger charge is 2.34. The second kappa shape index (κ2) is 8.65. The number of rotatable bonds is 9. The highest BCUT2D eigenvalue weighted by atomic mass is 32.2. The van der Waals surface area contributed by atoms with E-state index in [1.54, 1.807) is 12.1 Å². The largest absolute Gasteiger partial charge is 0.393 e. The van der Waals surface area contributed by atoms with E-state index < -0.39 is 29.3 Å². The summed E-state index contributed by atoms with van der Waals surface area (Å²) in [4.78, 5) is 0.348. The first-order valence-electron chi connectivity index (χ1n) is 8.99. The number of benzene rings is 1. The van der Waals surface area contributed by atoms with E-state index in [9.17, 15) is 13.5 Å². The van der Waals surface area contributed by atoms with Crippen LogP contribution in [0.1, 0.15) is 32.3 Å². The standard InChI is InChI=1S/C20H34O3SSi/c1-15(2)12-18(21)13-17(4)20(14-25(5,6)7)24(22,23)19-10-8-16(3)9-11-19/h8-11,15,18,20-21H,4,12-14H2,1-3,5-7H3. The molecule has 0 aromatic heterocycles. The van der Waals surface area contributed by atoms with Crippen molar-refractivity contribution in [3.8, 4) is 0 Å². The van der Waals surface area contributed by atoms with Crippen LogP contribution in [0.2, 0.25) is 25.7 Å². The topological polar surface area (TPSA) is 54.4 Å². The van der Waals surface area contributed by atoms with Crippen molar-refractivity contribution in [2.75, 3.05) is 0 Å². The molecule has 1 aromatic carbocycles. The Labute approximate surface area is 155 Å². The second-order valence-electron chi connectivity index (χ2n) is 8.76. The van der Waals surface area contributed by atoms with Gasteiger partial charge >= 0.3 is 0 Å². The second-order valence-corrected chi connectivity index (χ2v) is 16.4. The van der Waals surface area contributed by atoms with Crippen molar-refractivity contribution in [2.45, 2.75) is 75.5 Å². The Bertz CT molecular complexity index is 670. The van der Waals surface area contributed by atoms with Crippen molar-refractivity contribution in [1.82, 2.24) is 0 Å². The highest BCUT2D eigenvalue weighted by molar-refractivity contribution is 7.92. The lowest BCUT2D eigenvalue weighted by Gasteiger charge is -2.28. The van der Waals surface area contributed by atoms with Crippen molar-refractivity contribution >= 4 is 17.9 Å². The summed E-state index contributed by atoms with van der Waals surface area (Å²) in [7, 11) is -5.14. The zero-order valence-corrected chi connectivity index (χ0v) is 18.4. The predicted molar refractivity (Wildman–Crippen MR) is 110 cm³/mol. The number of hydrogen-bond acceptors (Lipinski definition) is 3. The van der Waals surface area contributed by atoms with E-state index >= 15 is 0 Å². The minimum absolute atomic E-state index is 0.346. The summed E-state index contributed by atoms with van der Waals surface area (Å²) in [6.07, 6.45) is 0.464. The highest BCUT2D eigenvalue weighted by Crippen LogP contribution is 2.31. The van der Waals surface area contributed by atoms with Crippen molar-refractivity contribution in [3.63, 3.8) is 0 Å². The Morgan fingerprint density at radius 2 is 1.68 bits per heavy atom. The van der Waals surface area contributed by atoms with Gasteiger partial charge in [-0.05, 0) is 43.9 Å². The van der Waals surface area contributed by atoms with Gasteiger partial charge in [0.2, 0.25) is 0 Å².